The van der Waals surface area contributed by atoms with E-state index in [1.54, 1.807) is 6.07 Å². The molecule has 0 saturated carbocycles. The summed E-state index contributed by atoms with van der Waals surface area (Å²) in [4.78, 5) is 10.0. The molecule has 2 N–H and O–H groups in total. The summed E-state index contributed by atoms with van der Waals surface area (Å²) in [7, 11) is 0. The zero-order chi connectivity index (χ0) is 12.0. The second kappa shape index (κ2) is 5.92. The Kier molecular flexibility index (Phi) is 4.53. The maximum atomic E-state index is 10.6. The zero-order valence-electron chi connectivity index (χ0n) is 9.01. The van der Waals surface area contributed by atoms with Gasteiger partial charge in [0.2, 0.25) is 0 Å². The second-order valence-electron chi connectivity index (χ2n) is 3.06. The number of nitrogens with zero attached hydrogens (tertiary/aromatic N) is 1. The van der Waals surface area contributed by atoms with Crippen LogP contribution in [0.25, 0.3) is 0 Å². The quantitative estimate of drug-likeness (QED) is 0.344. The van der Waals surface area contributed by atoms with Crippen molar-refractivity contribution < 1.29 is 14.4 Å². The summed E-state index contributed by atoms with van der Waals surface area (Å²) < 4.78 is 10.3. The van der Waals surface area contributed by atoms with E-state index in [1.165, 1.54) is 12.1 Å². The van der Waals surface area contributed by atoms with E-state index in [0.717, 1.165) is 0 Å². The molecule has 1 aromatic rings. The molecule has 0 heterocycles. The van der Waals surface area contributed by atoms with Crippen molar-refractivity contribution in [3.8, 4) is 5.75 Å². The molecule has 0 fully saturated rings. The summed E-state index contributed by atoms with van der Waals surface area (Å²) in [6.07, 6.45) is 0. The summed E-state index contributed by atoms with van der Waals surface area (Å²) in [6, 6.07) is 4.16. The SMILES string of the molecule is CCOCCOc1cc(N)cc([N+](=O)[O-])c1. The summed E-state index contributed by atoms with van der Waals surface area (Å²) in [6.45, 7) is 3.28. The Bertz CT molecular complexity index is 368. The third kappa shape index (κ3) is 3.74. The number of nitrogens with two attached hydrogens (primary N) is 1. The molecule has 0 spiro atoms. The molecule has 1 aromatic carbocycles. The van der Waals surface area contributed by atoms with E-state index in [1.807, 2.05) is 6.92 Å². The van der Waals surface area contributed by atoms with Crippen LogP contribution in [0.3, 0.4) is 0 Å². The number of nitro groups is 1. The summed E-state index contributed by atoms with van der Waals surface area (Å²) in [5, 5.41) is 10.6. The van der Waals surface area contributed by atoms with Gasteiger partial charge < -0.3 is 15.2 Å². The Morgan fingerprint density at radius 1 is 1.38 bits per heavy atom. The minimum atomic E-state index is -0.508. The molecule has 16 heavy (non-hydrogen) atoms. The molecular weight excluding hydrogens is 212 g/mol. The van der Waals surface area contributed by atoms with E-state index in [4.69, 9.17) is 15.2 Å². The summed E-state index contributed by atoms with van der Waals surface area (Å²) >= 11 is 0. The molecule has 0 aliphatic carbocycles. The number of benzene rings is 1. The molecule has 0 amide bonds. The Hall–Kier alpha value is -1.82. The lowest BCUT2D eigenvalue weighted by molar-refractivity contribution is -0.384. The van der Waals surface area contributed by atoms with Crippen LogP contribution in [0.2, 0.25) is 0 Å². The van der Waals surface area contributed by atoms with Gasteiger partial charge in [-0.1, -0.05) is 0 Å². The highest BCUT2D eigenvalue weighted by Crippen LogP contribution is 2.23. The fourth-order valence-electron chi connectivity index (χ4n) is 1.16. The highest BCUT2D eigenvalue weighted by Gasteiger charge is 2.08. The maximum absolute atomic E-state index is 10.6. The Morgan fingerprint density at radius 3 is 2.75 bits per heavy atom. The van der Waals surface area contributed by atoms with Crippen molar-refractivity contribution in [1.29, 1.82) is 0 Å². The lowest BCUT2D eigenvalue weighted by Crippen LogP contribution is -2.06. The number of anilines is 1. The normalized spacial score (nSPS) is 10.1. The fourth-order valence-corrected chi connectivity index (χ4v) is 1.16. The van der Waals surface area contributed by atoms with Gasteiger partial charge >= 0.3 is 0 Å². The maximum Gasteiger partial charge on any atom is 0.275 e. The molecule has 0 aromatic heterocycles. The molecule has 0 unspecified atom stereocenters. The first kappa shape index (κ1) is 12.3. The fraction of sp³-hybridized carbons (Fsp3) is 0.400. The average molecular weight is 226 g/mol. The van der Waals surface area contributed by atoms with Crippen molar-refractivity contribution in [3.05, 3.63) is 28.3 Å². The average Bonchev–Trinajstić information content (AvgIpc) is 2.23. The van der Waals surface area contributed by atoms with Gasteiger partial charge in [0.25, 0.3) is 5.69 Å². The molecule has 0 radical (unpaired) electrons. The number of non-ortho nitro benzene ring substituents is 1. The van der Waals surface area contributed by atoms with E-state index < -0.39 is 4.92 Å². The first-order chi connectivity index (χ1) is 7.63. The first-order valence-corrected chi connectivity index (χ1v) is 4.89. The highest BCUT2D eigenvalue weighted by atomic mass is 16.6. The monoisotopic (exact) mass is 226 g/mol. The highest BCUT2D eigenvalue weighted by molar-refractivity contribution is 5.53. The standard InChI is InChI=1S/C10H14N2O4/c1-2-15-3-4-16-10-6-8(11)5-9(7-10)12(13)14/h5-7H,2-4,11H2,1H3. The molecule has 0 saturated heterocycles. The van der Waals surface area contributed by atoms with Crippen molar-refractivity contribution in [2.24, 2.45) is 0 Å². The zero-order valence-corrected chi connectivity index (χ0v) is 9.01. The topological polar surface area (TPSA) is 87.6 Å². The van der Waals surface area contributed by atoms with Crippen LogP contribution in [0.4, 0.5) is 11.4 Å². The summed E-state index contributed by atoms with van der Waals surface area (Å²) in [5.41, 5.74) is 5.74. The Labute approximate surface area is 93.1 Å². The van der Waals surface area contributed by atoms with Gasteiger partial charge in [-0.05, 0) is 6.92 Å². The third-order valence-corrected chi connectivity index (χ3v) is 1.82. The van der Waals surface area contributed by atoms with Gasteiger partial charge in [0.05, 0.1) is 17.6 Å². The minimum Gasteiger partial charge on any atom is -0.491 e. The van der Waals surface area contributed by atoms with Crippen LogP contribution < -0.4 is 10.5 Å². The molecule has 0 atom stereocenters. The largest absolute Gasteiger partial charge is 0.491 e. The van der Waals surface area contributed by atoms with Gasteiger partial charge in [-0.3, -0.25) is 10.1 Å². The van der Waals surface area contributed by atoms with E-state index in [9.17, 15) is 10.1 Å². The molecule has 6 nitrogen and oxygen atoms in total. The minimum absolute atomic E-state index is 0.0774. The van der Waals surface area contributed by atoms with Crippen molar-refractivity contribution in [3.63, 3.8) is 0 Å². The molecule has 88 valence electrons. The molecular formula is C10H14N2O4. The second-order valence-corrected chi connectivity index (χ2v) is 3.06. The molecule has 0 aliphatic rings. The smallest absolute Gasteiger partial charge is 0.275 e. The van der Waals surface area contributed by atoms with Crippen LogP contribution in [0.15, 0.2) is 18.2 Å². The van der Waals surface area contributed by atoms with Gasteiger partial charge in [0, 0.05) is 24.4 Å². The molecule has 6 heteroatoms. The van der Waals surface area contributed by atoms with Gasteiger partial charge in [-0.25, -0.2) is 0 Å². The van der Waals surface area contributed by atoms with Gasteiger partial charge in [0.15, 0.2) is 0 Å². The number of nitro benzene ring substituents is 1. The van der Waals surface area contributed by atoms with Gasteiger partial charge in [0.1, 0.15) is 12.4 Å². The third-order valence-electron chi connectivity index (χ3n) is 1.82. The van der Waals surface area contributed by atoms with Crippen LogP contribution in [0, 0.1) is 10.1 Å². The van der Waals surface area contributed by atoms with E-state index in [2.05, 4.69) is 0 Å². The van der Waals surface area contributed by atoms with Crippen molar-refractivity contribution in [1.82, 2.24) is 0 Å². The molecule has 0 bridgehead atoms. The van der Waals surface area contributed by atoms with Crippen molar-refractivity contribution >= 4 is 11.4 Å². The van der Waals surface area contributed by atoms with Crippen molar-refractivity contribution in [2.75, 3.05) is 25.6 Å². The van der Waals surface area contributed by atoms with Crippen LogP contribution in [0.5, 0.6) is 5.75 Å². The number of nitrogen functional groups attached to an aromatic ring is 1. The number of rotatable bonds is 6. The Balaban J connectivity index is 2.62. The van der Waals surface area contributed by atoms with Crippen molar-refractivity contribution in [2.45, 2.75) is 6.92 Å². The first-order valence-electron chi connectivity index (χ1n) is 4.89. The van der Waals surface area contributed by atoms with Gasteiger partial charge in [-0.2, -0.15) is 0 Å². The number of hydrogen-bond donors (Lipinski definition) is 1. The molecule has 1 rings (SSSR count). The lowest BCUT2D eigenvalue weighted by atomic mass is 10.2. The Morgan fingerprint density at radius 2 is 2.12 bits per heavy atom. The van der Waals surface area contributed by atoms with Crippen LogP contribution in [-0.4, -0.2) is 24.7 Å². The van der Waals surface area contributed by atoms with Gasteiger partial charge in [-0.15, -0.1) is 0 Å². The summed E-state index contributed by atoms with van der Waals surface area (Å²) in [5.74, 6) is 0.381. The molecule has 0 aliphatic heterocycles. The number of ether oxygens (including phenoxy) is 2. The van der Waals surface area contributed by atoms with Crippen LogP contribution in [0.1, 0.15) is 6.92 Å². The van der Waals surface area contributed by atoms with E-state index >= 15 is 0 Å². The van der Waals surface area contributed by atoms with E-state index in [-0.39, 0.29) is 5.69 Å². The van der Waals surface area contributed by atoms with Crippen LogP contribution in [-0.2, 0) is 4.74 Å². The van der Waals surface area contributed by atoms with E-state index in [0.29, 0.717) is 31.3 Å². The predicted octanol–water partition coefficient (Wildman–Crippen LogP) is 1.59. The lowest BCUT2D eigenvalue weighted by Gasteiger charge is -2.06. The predicted molar refractivity (Wildman–Crippen MR) is 59.5 cm³/mol. The number of hydrogen-bond acceptors (Lipinski definition) is 5. The van der Waals surface area contributed by atoms with Crippen LogP contribution >= 0.6 is 0 Å².